The lowest BCUT2D eigenvalue weighted by molar-refractivity contribution is -0.121. The third kappa shape index (κ3) is 5.97. The van der Waals surface area contributed by atoms with Crippen molar-refractivity contribution in [2.45, 2.75) is 25.8 Å². The SMILES string of the molecule is CCc1ccc(C(CNC(=O)CCNC(=O)c2cccs2)N(C)C)cc1. The smallest absolute Gasteiger partial charge is 0.261 e. The summed E-state index contributed by atoms with van der Waals surface area (Å²) >= 11 is 1.39. The van der Waals surface area contributed by atoms with Gasteiger partial charge in [0.1, 0.15) is 0 Å². The van der Waals surface area contributed by atoms with Crippen LogP contribution in [0.4, 0.5) is 0 Å². The van der Waals surface area contributed by atoms with Crippen LogP contribution >= 0.6 is 11.3 Å². The highest BCUT2D eigenvalue weighted by Gasteiger charge is 2.15. The summed E-state index contributed by atoms with van der Waals surface area (Å²) in [5.74, 6) is -0.191. The molecule has 0 bridgehead atoms. The number of likely N-dealkylation sites (N-methyl/N-ethyl adjacent to an activating group) is 1. The zero-order valence-corrected chi connectivity index (χ0v) is 16.4. The number of carbonyl (C=O) groups excluding carboxylic acids is 2. The van der Waals surface area contributed by atoms with E-state index in [9.17, 15) is 9.59 Å². The van der Waals surface area contributed by atoms with Crippen molar-refractivity contribution in [2.75, 3.05) is 27.2 Å². The largest absolute Gasteiger partial charge is 0.354 e. The Balaban J connectivity index is 1.78. The third-order valence-electron chi connectivity index (χ3n) is 4.27. The van der Waals surface area contributed by atoms with Gasteiger partial charge >= 0.3 is 0 Å². The van der Waals surface area contributed by atoms with E-state index < -0.39 is 0 Å². The van der Waals surface area contributed by atoms with Crippen LogP contribution in [-0.2, 0) is 11.2 Å². The number of rotatable bonds is 9. The van der Waals surface area contributed by atoms with Crippen LogP contribution in [0, 0.1) is 0 Å². The van der Waals surface area contributed by atoms with Gasteiger partial charge in [0.15, 0.2) is 0 Å². The summed E-state index contributed by atoms with van der Waals surface area (Å²) in [6.45, 7) is 3.01. The summed E-state index contributed by atoms with van der Waals surface area (Å²) in [4.78, 5) is 26.7. The fraction of sp³-hybridized carbons (Fsp3) is 0.400. The van der Waals surface area contributed by atoms with E-state index in [0.717, 1.165) is 6.42 Å². The predicted molar refractivity (Wildman–Crippen MR) is 107 cm³/mol. The molecule has 0 aliphatic heterocycles. The van der Waals surface area contributed by atoms with Crippen LogP contribution in [-0.4, -0.2) is 43.9 Å². The predicted octanol–water partition coefficient (Wildman–Crippen LogP) is 2.85. The molecule has 2 N–H and O–H groups in total. The molecule has 26 heavy (non-hydrogen) atoms. The standard InChI is InChI=1S/C20H27N3O2S/c1-4-15-7-9-16(10-8-15)17(23(2)3)14-22-19(24)11-12-21-20(25)18-6-5-13-26-18/h5-10,13,17H,4,11-12,14H2,1-3H3,(H,21,25)(H,22,24). The molecule has 0 aliphatic carbocycles. The van der Waals surface area contributed by atoms with Gasteiger partial charge in [-0.25, -0.2) is 0 Å². The molecule has 0 radical (unpaired) electrons. The first-order valence-electron chi connectivity index (χ1n) is 8.85. The minimum Gasteiger partial charge on any atom is -0.354 e. The molecule has 1 aromatic carbocycles. The Morgan fingerprint density at radius 2 is 1.85 bits per heavy atom. The molecule has 140 valence electrons. The Hall–Kier alpha value is -2.18. The van der Waals surface area contributed by atoms with Crippen molar-refractivity contribution in [2.24, 2.45) is 0 Å². The molecule has 2 rings (SSSR count). The monoisotopic (exact) mass is 373 g/mol. The molecule has 0 spiro atoms. The first kappa shape index (κ1) is 20.1. The molecule has 6 heteroatoms. The maximum atomic E-state index is 12.1. The molecular weight excluding hydrogens is 346 g/mol. The van der Waals surface area contributed by atoms with Crippen LogP contribution in [0.5, 0.6) is 0 Å². The lowest BCUT2D eigenvalue weighted by atomic mass is 10.0. The quantitative estimate of drug-likeness (QED) is 0.710. The molecular formula is C20H27N3O2S. The first-order valence-corrected chi connectivity index (χ1v) is 9.73. The lowest BCUT2D eigenvalue weighted by Crippen LogP contribution is -2.36. The normalized spacial score (nSPS) is 12.0. The van der Waals surface area contributed by atoms with E-state index in [2.05, 4.69) is 46.7 Å². The number of hydrogen-bond donors (Lipinski definition) is 2. The number of thiophene rings is 1. The Kier molecular flexibility index (Phi) is 7.81. The van der Waals surface area contributed by atoms with Crippen LogP contribution in [0.3, 0.4) is 0 Å². The fourth-order valence-corrected chi connectivity index (χ4v) is 3.30. The number of aryl methyl sites for hydroxylation is 1. The molecule has 1 heterocycles. The number of amides is 2. The van der Waals surface area contributed by atoms with Gasteiger partial charge in [-0.15, -0.1) is 11.3 Å². The van der Waals surface area contributed by atoms with Gasteiger partial charge in [-0.1, -0.05) is 37.3 Å². The van der Waals surface area contributed by atoms with E-state index in [4.69, 9.17) is 0 Å². The molecule has 0 saturated carbocycles. The van der Waals surface area contributed by atoms with Crippen LogP contribution in [0.1, 0.15) is 40.2 Å². The lowest BCUT2D eigenvalue weighted by Gasteiger charge is -2.25. The number of benzene rings is 1. The second-order valence-corrected chi connectivity index (χ2v) is 7.31. The van der Waals surface area contributed by atoms with Crippen molar-refractivity contribution in [1.29, 1.82) is 0 Å². The van der Waals surface area contributed by atoms with Crippen molar-refractivity contribution in [1.82, 2.24) is 15.5 Å². The minimum absolute atomic E-state index is 0.0616. The Morgan fingerprint density at radius 1 is 1.12 bits per heavy atom. The van der Waals surface area contributed by atoms with E-state index >= 15 is 0 Å². The van der Waals surface area contributed by atoms with E-state index in [1.807, 2.05) is 25.5 Å². The van der Waals surface area contributed by atoms with Crippen molar-refractivity contribution in [3.63, 3.8) is 0 Å². The molecule has 1 atom stereocenters. The van der Waals surface area contributed by atoms with Crippen molar-refractivity contribution in [3.05, 3.63) is 57.8 Å². The molecule has 0 fully saturated rings. The highest BCUT2D eigenvalue weighted by molar-refractivity contribution is 7.12. The average molecular weight is 374 g/mol. The Morgan fingerprint density at radius 3 is 2.42 bits per heavy atom. The molecule has 0 saturated heterocycles. The molecule has 5 nitrogen and oxygen atoms in total. The summed E-state index contributed by atoms with van der Waals surface area (Å²) in [7, 11) is 4.01. The topological polar surface area (TPSA) is 61.4 Å². The van der Waals surface area contributed by atoms with Gasteiger partial charge in [-0.3, -0.25) is 9.59 Å². The minimum atomic E-state index is -0.130. The van der Waals surface area contributed by atoms with Crippen LogP contribution in [0.25, 0.3) is 0 Å². The second kappa shape index (κ2) is 10.1. The van der Waals surface area contributed by atoms with E-state index in [-0.39, 0.29) is 24.3 Å². The van der Waals surface area contributed by atoms with Gasteiger partial charge in [0.05, 0.1) is 10.9 Å². The zero-order valence-electron chi connectivity index (χ0n) is 15.6. The maximum Gasteiger partial charge on any atom is 0.261 e. The summed E-state index contributed by atoms with van der Waals surface area (Å²) in [5.41, 5.74) is 2.48. The van der Waals surface area contributed by atoms with Crippen LogP contribution < -0.4 is 10.6 Å². The summed E-state index contributed by atoms with van der Waals surface area (Å²) < 4.78 is 0. The maximum absolute atomic E-state index is 12.1. The Labute approximate surface area is 159 Å². The number of nitrogens with one attached hydrogen (secondary N) is 2. The highest BCUT2D eigenvalue weighted by Crippen LogP contribution is 2.18. The van der Waals surface area contributed by atoms with Gasteiger partial charge in [0.2, 0.25) is 5.91 Å². The summed E-state index contributed by atoms with van der Waals surface area (Å²) in [6, 6.07) is 12.2. The zero-order chi connectivity index (χ0) is 18.9. The van der Waals surface area contributed by atoms with Crippen molar-refractivity contribution >= 4 is 23.2 Å². The highest BCUT2D eigenvalue weighted by atomic mass is 32.1. The van der Waals surface area contributed by atoms with Crippen LogP contribution in [0.15, 0.2) is 41.8 Å². The first-order chi connectivity index (χ1) is 12.5. The average Bonchev–Trinajstić information content (AvgIpc) is 3.17. The molecule has 2 amide bonds. The number of hydrogen-bond acceptors (Lipinski definition) is 4. The molecule has 1 aromatic heterocycles. The molecule has 2 aromatic rings. The van der Waals surface area contributed by atoms with E-state index in [1.54, 1.807) is 6.07 Å². The van der Waals surface area contributed by atoms with Gasteiger partial charge in [0, 0.05) is 19.5 Å². The fourth-order valence-electron chi connectivity index (χ4n) is 2.66. The van der Waals surface area contributed by atoms with Gasteiger partial charge in [0.25, 0.3) is 5.91 Å². The molecule has 0 aliphatic rings. The molecule has 1 unspecified atom stereocenters. The third-order valence-corrected chi connectivity index (χ3v) is 5.14. The van der Waals surface area contributed by atoms with Crippen molar-refractivity contribution < 1.29 is 9.59 Å². The van der Waals surface area contributed by atoms with Gasteiger partial charge in [-0.2, -0.15) is 0 Å². The second-order valence-electron chi connectivity index (χ2n) is 6.36. The van der Waals surface area contributed by atoms with Gasteiger partial charge < -0.3 is 15.5 Å². The number of nitrogens with zero attached hydrogens (tertiary/aromatic N) is 1. The Bertz CT molecular complexity index is 696. The van der Waals surface area contributed by atoms with Crippen LogP contribution in [0.2, 0.25) is 0 Å². The summed E-state index contributed by atoms with van der Waals surface area (Å²) in [6.07, 6.45) is 1.28. The van der Waals surface area contributed by atoms with E-state index in [0.29, 0.717) is 18.0 Å². The summed E-state index contributed by atoms with van der Waals surface area (Å²) in [5, 5.41) is 7.60. The van der Waals surface area contributed by atoms with Gasteiger partial charge in [-0.05, 0) is 43.1 Å². The van der Waals surface area contributed by atoms with E-state index in [1.165, 1.54) is 22.5 Å². The number of carbonyl (C=O) groups is 2. The van der Waals surface area contributed by atoms with Crippen molar-refractivity contribution in [3.8, 4) is 0 Å².